The van der Waals surface area contributed by atoms with Gasteiger partial charge in [-0.05, 0) is 23.8 Å². The summed E-state index contributed by atoms with van der Waals surface area (Å²) < 4.78 is 0. The molecule has 0 atom stereocenters. The molecule has 0 fully saturated rings. The lowest BCUT2D eigenvalue weighted by atomic mass is 9.71. The maximum atomic E-state index is 5.72. The number of nitrogens with two attached hydrogens (primary N) is 1. The van der Waals surface area contributed by atoms with E-state index in [0.29, 0.717) is 10.8 Å². The fraction of sp³-hybridized carbons (Fsp3) is 1.00. The van der Waals surface area contributed by atoms with Crippen LogP contribution in [0.3, 0.4) is 0 Å². The smallest absolute Gasteiger partial charge is 0.00256 e. The van der Waals surface area contributed by atoms with Gasteiger partial charge in [-0.15, -0.1) is 0 Å². The van der Waals surface area contributed by atoms with Crippen molar-refractivity contribution in [2.45, 2.75) is 53.9 Å². The standard InChI is InChI=1S/C11H25N/c1-6-11(5,7-2)8-10(3,4)9-12/h6-9,12H2,1-5H3. The zero-order chi connectivity index (χ0) is 9.83. The summed E-state index contributed by atoms with van der Waals surface area (Å²) in [7, 11) is 0. The highest BCUT2D eigenvalue weighted by atomic mass is 14.6. The van der Waals surface area contributed by atoms with Crippen molar-refractivity contribution < 1.29 is 0 Å². The van der Waals surface area contributed by atoms with Gasteiger partial charge in [0, 0.05) is 0 Å². The summed E-state index contributed by atoms with van der Waals surface area (Å²) in [6, 6.07) is 0. The predicted molar refractivity (Wildman–Crippen MR) is 56.1 cm³/mol. The molecule has 0 radical (unpaired) electrons. The minimum absolute atomic E-state index is 0.306. The van der Waals surface area contributed by atoms with E-state index in [4.69, 9.17) is 5.73 Å². The molecular formula is C11H25N. The molecular weight excluding hydrogens is 146 g/mol. The first kappa shape index (κ1) is 12.0. The number of hydrogen-bond acceptors (Lipinski definition) is 1. The van der Waals surface area contributed by atoms with Gasteiger partial charge in [-0.1, -0.05) is 47.5 Å². The van der Waals surface area contributed by atoms with Gasteiger partial charge in [0.25, 0.3) is 0 Å². The fourth-order valence-electron chi connectivity index (χ4n) is 1.73. The SMILES string of the molecule is CCC(C)(CC)CC(C)(C)CN. The number of hydrogen-bond donors (Lipinski definition) is 1. The van der Waals surface area contributed by atoms with Crippen LogP contribution in [0.4, 0.5) is 0 Å². The summed E-state index contributed by atoms with van der Waals surface area (Å²) in [5, 5.41) is 0. The molecule has 0 amide bonds. The van der Waals surface area contributed by atoms with E-state index in [9.17, 15) is 0 Å². The third-order valence-electron chi connectivity index (χ3n) is 3.17. The van der Waals surface area contributed by atoms with Crippen molar-refractivity contribution in [1.82, 2.24) is 0 Å². The van der Waals surface area contributed by atoms with Crippen molar-refractivity contribution in [2.24, 2.45) is 16.6 Å². The largest absolute Gasteiger partial charge is 0.330 e. The Kier molecular flexibility index (Phi) is 4.25. The average molecular weight is 171 g/mol. The Bertz CT molecular complexity index is 123. The van der Waals surface area contributed by atoms with E-state index in [0.717, 1.165) is 6.54 Å². The highest BCUT2D eigenvalue weighted by Gasteiger charge is 2.28. The molecule has 0 unspecified atom stereocenters. The molecule has 0 aromatic rings. The second-order valence-corrected chi connectivity index (χ2v) is 5.06. The van der Waals surface area contributed by atoms with Crippen LogP contribution in [0.2, 0.25) is 0 Å². The third kappa shape index (κ3) is 3.57. The molecule has 12 heavy (non-hydrogen) atoms. The van der Waals surface area contributed by atoms with Crippen LogP contribution in [-0.4, -0.2) is 6.54 Å². The maximum Gasteiger partial charge on any atom is -0.00256 e. The lowest BCUT2D eigenvalue weighted by Gasteiger charge is -2.35. The zero-order valence-corrected chi connectivity index (χ0v) is 9.41. The summed E-state index contributed by atoms with van der Waals surface area (Å²) in [6.07, 6.45) is 3.75. The highest BCUT2D eigenvalue weighted by Crippen LogP contribution is 2.38. The van der Waals surface area contributed by atoms with Crippen molar-refractivity contribution in [1.29, 1.82) is 0 Å². The van der Waals surface area contributed by atoms with Crippen LogP contribution in [0.25, 0.3) is 0 Å². The third-order valence-corrected chi connectivity index (χ3v) is 3.17. The van der Waals surface area contributed by atoms with Gasteiger partial charge in [0.05, 0.1) is 0 Å². The first-order valence-corrected chi connectivity index (χ1v) is 5.09. The van der Waals surface area contributed by atoms with Gasteiger partial charge in [-0.2, -0.15) is 0 Å². The monoisotopic (exact) mass is 171 g/mol. The van der Waals surface area contributed by atoms with E-state index >= 15 is 0 Å². The quantitative estimate of drug-likeness (QED) is 0.675. The zero-order valence-electron chi connectivity index (χ0n) is 9.41. The van der Waals surface area contributed by atoms with Gasteiger partial charge in [0.1, 0.15) is 0 Å². The molecule has 0 aliphatic carbocycles. The van der Waals surface area contributed by atoms with Crippen molar-refractivity contribution >= 4 is 0 Å². The van der Waals surface area contributed by atoms with E-state index in [1.54, 1.807) is 0 Å². The number of rotatable bonds is 5. The fourth-order valence-corrected chi connectivity index (χ4v) is 1.73. The van der Waals surface area contributed by atoms with Crippen molar-refractivity contribution in [3.63, 3.8) is 0 Å². The first-order chi connectivity index (χ1) is 5.39. The van der Waals surface area contributed by atoms with Gasteiger partial charge in [0.15, 0.2) is 0 Å². The van der Waals surface area contributed by atoms with Crippen molar-refractivity contribution in [2.75, 3.05) is 6.54 Å². The van der Waals surface area contributed by atoms with Crippen LogP contribution in [-0.2, 0) is 0 Å². The second kappa shape index (κ2) is 4.27. The first-order valence-electron chi connectivity index (χ1n) is 5.09. The van der Waals surface area contributed by atoms with E-state index in [-0.39, 0.29) is 0 Å². The summed E-state index contributed by atoms with van der Waals surface area (Å²) in [5.41, 5.74) is 6.52. The van der Waals surface area contributed by atoms with E-state index in [1.165, 1.54) is 19.3 Å². The lowest BCUT2D eigenvalue weighted by Crippen LogP contribution is -2.30. The van der Waals surface area contributed by atoms with Crippen LogP contribution in [0, 0.1) is 10.8 Å². The maximum absolute atomic E-state index is 5.72. The Morgan fingerprint density at radius 1 is 1.00 bits per heavy atom. The van der Waals surface area contributed by atoms with E-state index in [2.05, 4.69) is 34.6 Å². The molecule has 0 saturated heterocycles. The Hall–Kier alpha value is -0.0400. The molecule has 0 saturated carbocycles. The van der Waals surface area contributed by atoms with Gasteiger partial charge < -0.3 is 5.73 Å². The topological polar surface area (TPSA) is 26.0 Å². The molecule has 0 aromatic carbocycles. The Labute approximate surface area is 77.7 Å². The van der Waals surface area contributed by atoms with Crippen LogP contribution in [0.5, 0.6) is 0 Å². The molecule has 1 heteroatoms. The normalized spacial score (nSPS) is 13.5. The molecule has 0 aliphatic heterocycles. The summed E-state index contributed by atoms with van der Waals surface area (Å²) in [5.74, 6) is 0. The van der Waals surface area contributed by atoms with E-state index < -0.39 is 0 Å². The van der Waals surface area contributed by atoms with Gasteiger partial charge in [-0.25, -0.2) is 0 Å². The van der Waals surface area contributed by atoms with Gasteiger partial charge >= 0.3 is 0 Å². The molecule has 2 N–H and O–H groups in total. The Morgan fingerprint density at radius 3 is 1.67 bits per heavy atom. The summed E-state index contributed by atoms with van der Waals surface area (Å²) in [6.45, 7) is 12.2. The molecule has 1 nitrogen and oxygen atoms in total. The van der Waals surface area contributed by atoms with Gasteiger partial charge in [0.2, 0.25) is 0 Å². The molecule has 74 valence electrons. The minimum Gasteiger partial charge on any atom is -0.330 e. The van der Waals surface area contributed by atoms with Crippen LogP contribution in [0.1, 0.15) is 53.9 Å². The second-order valence-electron chi connectivity index (χ2n) is 5.06. The van der Waals surface area contributed by atoms with Crippen LogP contribution in [0.15, 0.2) is 0 Å². The highest BCUT2D eigenvalue weighted by molar-refractivity contribution is 4.80. The van der Waals surface area contributed by atoms with Crippen LogP contribution < -0.4 is 5.73 Å². The molecule has 0 bridgehead atoms. The van der Waals surface area contributed by atoms with Crippen molar-refractivity contribution in [3.8, 4) is 0 Å². The predicted octanol–water partition coefficient (Wildman–Crippen LogP) is 3.19. The van der Waals surface area contributed by atoms with Crippen molar-refractivity contribution in [3.05, 3.63) is 0 Å². The average Bonchev–Trinajstić information content (AvgIpc) is 2.04. The lowest BCUT2D eigenvalue weighted by molar-refractivity contribution is 0.169. The summed E-state index contributed by atoms with van der Waals surface area (Å²) in [4.78, 5) is 0. The van der Waals surface area contributed by atoms with Gasteiger partial charge in [-0.3, -0.25) is 0 Å². The van der Waals surface area contributed by atoms with Crippen LogP contribution >= 0.6 is 0 Å². The molecule has 0 aromatic heterocycles. The summed E-state index contributed by atoms with van der Waals surface area (Å²) >= 11 is 0. The molecule has 0 spiro atoms. The van der Waals surface area contributed by atoms with E-state index in [1.807, 2.05) is 0 Å². The Balaban J connectivity index is 4.20. The molecule has 0 heterocycles. The Morgan fingerprint density at radius 2 is 1.42 bits per heavy atom. The molecule has 0 aliphatic rings. The molecule has 0 rings (SSSR count). The minimum atomic E-state index is 0.306.